The first-order chi connectivity index (χ1) is 12.2. The largest absolute Gasteiger partial charge is 0.390 e. The maximum absolute atomic E-state index is 12.7. The number of H-pyrrole nitrogens is 1. The molecule has 1 heterocycles. The minimum absolute atomic E-state index is 0.0610. The molecule has 9 heteroatoms. The molecule has 0 spiro atoms. The van der Waals surface area contributed by atoms with E-state index in [1.54, 1.807) is 38.1 Å². The molecular formula is C17H21F2N5O2. The number of nitrogens with zero attached hydrogens (tertiary/aromatic N) is 2. The lowest BCUT2D eigenvalue weighted by molar-refractivity contribution is 0.151. The number of aromatic amines is 1. The highest BCUT2D eigenvalue weighted by molar-refractivity contribution is 6.02. The summed E-state index contributed by atoms with van der Waals surface area (Å²) in [7, 11) is 3.40. The van der Waals surface area contributed by atoms with Crippen molar-refractivity contribution in [1.29, 1.82) is 5.41 Å². The number of aliphatic hydroxyl groups is 1. The standard InChI is InChI=1S/C17H21F2N5O2/c1-9(10-4-6-11(7-5-10)14(18)19)21-15-13(12(20)8-25)16(26)23-17(22-15)24(2)3/h4-7,9,14,20,25H,8H2,1-3H3,(H2,21,22,23,26). The average Bonchev–Trinajstić information content (AvgIpc) is 2.60. The predicted molar refractivity (Wildman–Crippen MR) is 96.5 cm³/mol. The Morgan fingerprint density at radius 1 is 1.31 bits per heavy atom. The minimum atomic E-state index is -2.54. The van der Waals surface area contributed by atoms with Gasteiger partial charge < -0.3 is 20.7 Å². The number of benzene rings is 1. The van der Waals surface area contributed by atoms with Gasteiger partial charge in [-0.2, -0.15) is 4.98 Å². The molecule has 140 valence electrons. The van der Waals surface area contributed by atoms with Gasteiger partial charge in [-0.3, -0.25) is 9.78 Å². The zero-order valence-electron chi connectivity index (χ0n) is 14.7. The number of hydrogen-bond acceptors (Lipinski definition) is 6. The Morgan fingerprint density at radius 3 is 2.38 bits per heavy atom. The van der Waals surface area contributed by atoms with Crippen molar-refractivity contribution in [2.75, 3.05) is 30.9 Å². The molecule has 0 fully saturated rings. The van der Waals surface area contributed by atoms with E-state index in [0.29, 0.717) is 5.56 Å². The molecule has 1 atom stereocenters. The molecule has 0 radical (unpaired) electrons. The van der Waals surface area contributed by atoms with Gasteiger partial charge >= 0.3 is 0 Å². The molecule has 1 unspecified atom stereocenters. The molecule has 0 aliphatic carbocycles. The molecule has 0 saturated heterocycles. The van der Waals surface area contributed by atoms with E-state index < -0.39 is 18.6 Å². The topological polar surface area (TPSA) is 105 Å². The highest BCUT2D eigenvalue weighted by atomic mass is 19.3. The molecule has 4 N–H and O–H groups in total. The van der Waals surface area contributed by atoms with Gasteiger partial charge in [0.2, 0.25) is 5.95 Å². The molecule has 1 aromatic heterocycles. The maximum Gasteiger partial charge on any atom is 0.263 e. The van der Waals surface area contributed by atoms with Gasteiger partial charge in [-0.1, -0.05) is 24.3 Å². The third-order valence-corrected chi connectivity index (χ3v) is 3.83. The number of hydrogen-bond donors (Lipinski definition) is 4. The summed E-state index contributed by atoms with van der Waals surface area (Å²) in [6.45, 7) is 1.17. The molecule has 7 nitrogen and oxygen atoms in total. The van der Waals surface area contributed by atoms with E-state index >= 15 is 0 Å². The van der Waals surface area contributed by atoms with E-state index in [1.807, 2.05) is 0 Å². The van der Waals surface area contributed by atoms with Crippen molar-refractivity contribution in [3.63, 3.8) is 0 Å². The van der Waals surface area contributed by atoms with Gasteiger partial charge in [0, 0.05) is 25.7 Å². The van der Waals surface area contributed by atoms with Crippen LogP contribution in [0.25, 0.3) is 0 Å². The summed E-state index contributed by atoms with van der Waals surface area (Å²) < 4.78 is 25.4. The summed E-state index contributed by atoms with van der Waals surface area (Å²) in [5.74, 6) is 0.425. The van der Waals surface area contributed by atoms with Crippen molar-refractivity contribution in [3.05, 3.63) is 51.3 Å². The van der Waals surface area contributed by atoms with Crippen molar-refractivity contribution in [2.24, 2.45) is 0 Å². The smallest absolute Gasteiger partial charge is 0.263 e. The van der Waals surface area contributed by atoms with Crippen molar-refractivity contribution in [2.45, 2.75) is 19.4 Å². The summed E-state index contributed by atoms with van der Waals surface area (Å²) in [6.07, 6.45) is -2.54. The van der Waals surface area contributed by atoms with Crippen molar-refractivity contribution >= 4 is 17.5 Å². The normalized spacial score (nSPS) is 12.1. The second-order valence-electron chi connectivity index (χ2n) is 5.98. The molecule has 2 aromatic rings. The van der Waals surface area contributed by atoms with Gasteiger partial charge in [-0.15, -0.1) is 0 Å². The van der Waals surface area contributed by atoms with Crippen LogP contribution in [0.3, 0.4) is 0 Å². The highest BCUT2D eigenvalue weighted by Gasteiger charge is 2.19. The first kappa shape index (κ1) is 19.5. The Balaban J connectivity index is 2.39. The van der Waals surface area contributed by atoms with E-state index in [4.69, 9.17) is 5.41 Å². The van der Waals surface area contributed by atoms with Crippen LogP contribution in [-0.2, 0) is 0 Å². The van der Waals surface area contributed by atoms with E-state index in [0.717, 1.165) is 0 Å². The lowest BCUT2D eigenvalue weighted by atomic mass is 10.1. The van der Waals surface area contributed by atoms with Gasteiger partial charge in [-0.05, 0) is 12.5 Å². The van der Waals surface area contributed by atoms with E-state index in [9.17, 15) is 18.7 Å². The van der Waals surface area contributed by atoms with Gasteiger partial charge in [-0.25, -0.2) is 8.78 Å². The summed E-state index contributed by atoms with van der Waals surface area (Å²) in [6, 6.07) is 5.44. The summed E-state index contributed by atoms with van der Waals surface area (Å²) >= 11 is 0. The number of alkyl halides is 2. The third kappa shape index (κ3) is 4.23. The zero-order chi connectivity index (χ0) is 19.4. The van der Waals surface area contributed by atoms with E-state index in [2.05, 4.69) is 15.3 Å². The lowest BCUT2D eigenvalue weighted by Crippen LogP contribution is -2.28. The Bertz CT molecular complexity index is 834. The molecular weight excluding hydrogens is 344 g/mol. The van der Waals surface area contributed by atoms with Crippen LogP contribution < -0.4 is 15.8 Å². The van der Waals surface area contributed by atoms with Gasteiger partial charge in [0.15, 0.2) is 0 Å². The molecule has 1 aromatic carbocycles. The van der Waals surface area contributed by atoms with E-state index in [-0.39, 0.29) is 34.6 Å². The summed E-state index contributed by atoms with van der Waals surface area (Å²) in [4.78, 5) is 20.8. The quantitative estimate of drug-likeness (QED) is 0.564. The Kier molecular flexibility index (Phi) is 6.04. The molecule has 0 saturated carbocycles. The molecule has 0 aliphatic heterocycles. The van der Waals surface area contributed by atoms with Crippen LogP contribution >= 0.6 is 0 Å². The van der Waals surface area contributed by atoms with E-state index in [1.165, 1.54) is 12.1 Å². The maximum atomic E-state index is 12.7. The van der Waals surface area contributed by atoms with Gasteiger partial charge in [0.25, 0.3) is 12.0 Å². The monoisotopic (exact) mass is 365 g/mol. The van der Waals surface area contributed by atoms with Crippen LogP contribution in [0.1, 0.15) is 36.1 Å². The Labute approximate surface area is 149 Å². The summed E-state index contributed by atoms with van der Waals surface area (Å²) in [5.41, 5.74) is -0.247. The molecule has 2 rings (SSSR count). The molecule has 0 aliphatic rings. The predicted octanol–water partition coefficient (Wildman–Crippen LogP) is 2.31. The summed E-state index contributed by atoms with van der Waals surface area (Å²) in [5, 5.41) is 20.1. The SMILES string of the molecule is CC(Nc1nc(N(C)C)[nH]c(=O)c1C(=N)CO)c1ccc(C(F)F)cc1. The Morgan fingerprint density at radius 2 is 1.88 bits per heavy atom. The van der Waals surface area contributed by atoms with Crippen LogP contribution in [0.5, 0.6) is 0 Å². The Hall–Kier alpha value is -2.81. The van der Waals surface area contributed by atoms with Crippen LogP contribution in [0.2, 0.25) is 0 Å². The number of aromatic nitrogens is 2. The second-order valence-corrected chi connectivity index (χ2v) is 5.98. The number of rotatable bonds is 7. The molecule has 0 amide bonds. The van der Waals surface area contributed by atoms with Gasteiger partial charge in [0.1, 0.15) is 11.4 Å². The van der Waals surface area contributed by atoms with Crippen molar-refractivity contribution in [1.82, 2.24) is 9.97 Å². The van der Waals surface area contributed by atoms with Crippen molar-refractivity contribution < 1.29 is 13.9 Å². The van der Waals surface area contributed by atoms with Crippen LogP contribution in [0, 0.1) is 5.41 Å². The fourth-order valence-electron chi connectivity index (χ4n) is 2.36. The van der Waals surface area contributed by atoms with Gasteiger partial charge in [0.05, 0.1) is 12.3 Å². The molecule has 26 heavy (non-hydrogen) atoms. The molecule has 0 bridgehead atoms. The zero-order valence-corrected chi connectivity index (χ0v) is 14.7. The number of nitrogens with one attached hydrogen (secondary N) is 3. The number of aliphatic hydroxyl groups excluding tert-OH is 1. The first-order valence-electron chi connectivity index (χ1n) is 7.89. The number of halogens is 2. The first-order valence-corrected chi connectivity index (χ1v) is 7.89. The third-order valence-electron chi connectivity index (χ3n) is 3.83. The fourth-order valence-corrected chi connectivity index (χ4v) is 2.36. The highest BCUT2D eigenvalue weighted by Crippen LogP contribution is 2.24. The second kappa shape index (κ2) is 8.05. The fraction of sp³-hybridized carbons (Fsp3) is 0.353. The number of anilines is 2. The van der Waals surface area contributed by atoms with Crippen LogP contribution in [0.4, 0.5) is 20.5 Å². The van der Waals surface area contributed by atoms with Crippen LogP contribution in [-0.4, -0.2) is 41.5 Å². The average molecular weight is 365 g/mol. The van der Waals surface area contributed by atoms with Crippen LogP contribution in [0.15, 0.2) is 29.1 Å². The lowest BCUT2D eigenvalue weighted by Gasteiger charge is -2.20. The van der Waals surface area contributed by atoms with Crippen molar-refractivity contribution in [3.8, 4) is 0 Å². The minimum Gasteiger partial charge on any atom is -0.390 e.